The van der Waals surface area contributed by atoms with Gasteiger partial charge in [-0.1, -0.05) is 149 Å². The number of rotatable bonds is 11. The first-order valence-corrected chi connectivity index (χ1v) is 22.8. The van der Waals surface area contributed by atoms with E-state index >= 15 is 0 Å². The maximum Gasteiger partial charge on any atom is 0.417 e. The highest BCUT2D eigenvalue weighted by atomic mass is 127. The van der Waals surface area contributed by atoms with Gasteiger partial charge in [-0.15, -0.1) is 0 Å². The zero-order valence-electron chi connectivity index (χ0n) is 33.8. The Hall–Kier alpha value is -4.85. The highest BCUT2D eigenvalue weighted by molar-refractivity contribution is 14.1. The molecule has 5 aromatic rings. The Balaban J connectivity index is 0.000000234. The third kappa shape index (κ3) is 11.9. The third-order valence-corrected chi connectivity index (χ3v) is 12.7. The predicted molar refractivity (Wildman–Crippen MR) is 239 cm³/mol. The fourth-order valence-corrected chi connectivity index (χ4v) is 9.01. The summed E-state index contributed by atoms with van der Waals surface area (Å²) in [5, 5.41) is 3.11. The fourth-order valence-electron chi connectivity index (χ4n) is 7.30. The van der Waals surface area contributed by atoms with Gasteiger partial charge in [0.25, 0.3) is 10.1 Å². The summed E-state index contributed by atoms with van der Waals surface area (Å²) < 4.78 is 37.1. The number of imide groups is 1. The summed E-state index contributed by atoms with van der Waals surface area (Å²) in [6.07, 6.45) is 1.83. The van der Waals surface area contributed by atoms with E-state index in [9.17, 15) is 22.8 Å². The molecular weight excluding hydrogens is 876 g/mol. The number of aryl methyl sites for hydroxylation is 1. The molecule has 0 saturated carbocycles. The first-order valence-electron chi connectivity index (χ1n) is 19.9. The molecule has 2 heterocycles. The highest BCUT2D eigenvalue weighted by Crippen LogP contribution is 2.31. The summed E-state index contributed by atoms with van der Waals surface area (Å²) in [4.78, 5) is 39.2. The molecule has 11 heteroatoms. The minimum absolute atomic E-state index is 0.0209. The lowest BCUT2D eigenvalue weighted by Crippen LogP contribution is -2.43. The van der Waals surface area contributed by atoms with Crippen molar-refractivity contribution in [2.75, 3.05) is 11.0 Å². The minimum Gasteiger partial charge on any atom is -0.443 e. The van der Waals surface area contributed by atoms with Crippen LogP contribution in [0.4, 0.5) is 4.79 Å². The molecule has 2 saturated heterocycles. The lowest BCUT2D eigenvalue weighted by molar-refractivity contribution is -0.131. The number of carbonyl (C=O) groups excluding carboxylic acids is 3. The van der Waals surface area contributed by atoms with Crippen LogP contribution in [0.25, 0.3) is 22.3 Å². The summed E-state index contributed by atoms with van der Waals surface area (Å²) in [7, 11) is -4.05. The quantitative estimate of drug-likeness (QED) is 0.0797. The number of benzene rings is 5. The molecule has 2 fully saturated rings. The Kier molecular flexibility index (Phi) is 14.4. The first kappa shape index (κ1) is 43.7. The van der Waals surface area contributed by atoms with E-state index in [-0.39, 0.29) is 29.7 Å². The summed E-state index contributed by atoms with van der Waals surface area (Å²) >= 11 is 2.30. The molecule has 0 aliphatic carbocycles. The van der Waals surface area contributed by atoms with Crippen LogP contribution in [0.5, 0.6) is 0 Å². The zero-order chi connectivity index (χ0) is 42.2. The topological polar surface area (TPSA) is 119 Å². The normalized spacial score (nSPS) is 19.2. The number of amides is 3. The average molecular weight is 927 g/mol. The van der Waals surface area contributed by atoms with Gasteiger partial charge >= 0.3 is 6.09 Å². The molecule has 0 radical (unpaired) electrons. The van der Waals surface area contributed by atoms with Gasteiger partial charge in [-0.2, -0.15) is 8.42 Å². The first-order chi connectivity index (χ1) is 28.2. The average Bonchev–Trinajstić information content (AvgIpc) is 3.74. The monoisotopic (exact) mass is 926 g/mol. The van der Waals surface area contributed by atoms with Gasteiger partial charge in [0, 0.05) is 22.4 Å². The molecule has 4 atom stereocenters. The van der Waals surface area contributed by atoms with E-state index in [0.717, 1.165) is 44.4 Å². The van der Waals surface area contributed by atoms with Crippen molar-refractivity contribution >= 4 is 50.6 Å². The van der Waals surface area contributed by atoms with Crippen molar-refractivity contribution in [1.82, 2.24) is 10.2 Å². The maximum atomic E-state index is 13.3. The molecule has 59 heavy (non-hydrogen) atoms. The summed E-state index contributed by atoms with van der Waals surface area (Å²) in [5.41, 5.74) is 7.00. The lowest BCUT2D eigenvalue weighted by atomic mass is 9.98. The summed E-state index contributed by atoms with van der Waals surface area (Å²) in [5.74, 6) is -0.880. The van der Waals surface area contributed by atoms with E-state index in [4.69, 9.17) is 8.92 Å². The Labute approximate surface area is 361 Å². The van der Waals surface area contributed by atoms with Crippen LogP contribution in [0, 0.1) is 18.8 Å². The molecule has 0 aromatic heterocycles. The van der Waals surface area contributed by atoms with Gasteiger partial charge in [0.1, 0.15) is 5.60 Å². The van der Waals surface area contributed by atoms with E-state index in [0.29, 0.717) is 12.5 Å². The number of ether oxygens (including phenoxy) is 1. The predicted octanol–water partition coefficient (Wildman–Crippen LogP) is 9.60. The number of alkyl halides is 1. The van der Waals surface area contributed by atoms with Crippen LogP contribution in [0.2, 0.25) is 0 Å². The smallest absolute Gasteiger partial charge is 0.417 e. The van der Waals surface area contributed by atoms with Crippen LogP contribution in [0.1, 0.15) is 50.3 Å². The van der Waals surface area contributed by atoms with Gasteiger partial charge in [-0.05, 0) is 98.9 Å². The SMILES string of the molecule is Cc1ccc(S(=O)(=O)OCC2C[C@@H](Cc3ccc(-c4ccccc4)cc3)N(C(=O)OC(C)(C)C)C2=O)cc1.O=C1N[C@H](Cc2ccc(-c3ccccc3)cc2)CC1CI. The maximum absolute atomic E-state index is 13.3. The van der Waals surface area contributed by atoms with Crippen LogP contribution in [0.3, 0.4) is 0 Å². The number of hydrogen-bond donors (Lipinski definition) is 1. The van der Waals surface area contributed by atoms with Crippen molar-refractivity contribution in [1.29, 1.82) is 0 Å². The molecule has 5 aromatic carbocycles. The van der Waals surface area contributed by atoms with Crippen LogP contribution in [-0.2, 0) is 41.5 Å². The Bertz CT molecular complexity index is 2300. The van der Waals surface area contributed by atoms with Crippen LogP contribution >= 0.6 is 22.6 Å². The molecule has 0 bridgehead atoms. The van der Waals surface area contributed by atoms with Gasteiger partial charge in [-0.3, -0.25) is 13.8 Å². The molecule has 3 amide bonds. The zero-order valence-corrected chi connectivity index (χ0v) is 36.8. The van der Waals surface area contributed by atoms with Crippen LogP contribution in [-0.4, -0.2) is 59.9 Å². The lowest BCUT2D eigenvalue weighted by Gasteiger charge is -2.27. The van der Waals surface area contributed by atoms with Crippen molar-refractivity contribution in [2.45, 2.75) is 76.0 Å². The number of carbonyl (C=O) groups is 3. The number of likely N-dealkylation sites (tertiary alicyclic amines) is 1. The number of nitrogens with one attached hydrogen (secondary N) is 1. The van der Waals surface area contributed by atoms with Crippen molar-refractivity contribution in [3.05, 3.63) is 150 Å². The number of hydrogen-bond acceptors (Lipinski definition) is 7. The summed E-state index contributed by atoms with van der Waals surface area (Å²) in [6, 6.07) is 43.1. The summed E-state index contributed by atoms with van der Waals surface area (Å²) in [6.45, 7) is 6.71. The second kappa shape index (κ2) is 19.5. The highest BCUT2D eigenvalue weighted by Gasteiger charge is 2.45. The van der Waals surface area contributed by atoms with E-state index in [2.05, 4.69) is 76.4 Å². The van der Waals surface area contributed by atoms with Gasteiger partial charge in [0.05, 0.1) is 17.4 Å². The largest absolute Gasteiger partial charge is 0.443 e. The fraction of sp³-hybridized carbons (Fsp3) is 0.312. The van der Waals surface area contributed by atoms with Crippen molar-refractivity contribution in [2.24, 2.45) is 11.8 Å². The van der Waals surface area contributed by atoms with E-state index in [1.807, 2.05) is 67.6 Å². The van der Waals surface area contributed by atoms with Gasteiger partial charge in [-0.25, -0.2) is 9.69 Å². The van der Waals surface area contributed by atoms with Crippen LogP contribution < -0.4 is 5.32 Å². The number of nitrogens with zero attached hydrogens (tertiary/aromatic N) is 1. The minimum atomic E-state index is -4.05. The molecule has 9 nitrogen and oxygen atoms in total. The molecule has 2 unspecified atom stereocenters. The molecule has 2 aliphatic rings. The Morgan fingerprint density at radius 3 is 1.71 bits per heavy atom. The van der Waals surface area contributed by atoms with E-state index < -0.39 is 39.7 Å². The van der Waals surface area contributed by atoms with Gasteiger partial charge in [0.15, 0.2) is 0 Å². The van der Waals surface area contributed by atoms with Crippen molar-refractivity contribution in [3.8, 4) is 22.3 Å². The number of halogens is 1. The van der Waals surface area contributed by atoms with E-state index in [1.165, 1.54) is 28.8 Å². The second-order valence-corrected chi connectivity index (χ2v) is 18.6. The molecule has 0 spiro atoms. The van der Waals surface area contributed by atoms with Crippen molar-refractivity contribution in [3.63, 3.8) is 0 Å². The molecule has 1 N–H and O–H groups in total. The Morgan fingerprint density at radius 1 is 0.712 bits per heavy atom. The van der Waals surface area contributed by atoms with E-state index in [1.54, 1.807) is 32.9 Å². The van der Waals surface area contributed by atoms with Gasteiger partial charge < -0.3 is 10.1 Å². The molecule has 308 valence electrons. The molecule has 7 rings (SSSR count). The standard InChI is InChI=1S/C30H33NO6S.C18H18INO/c1-21-10-16-27(17-11-21)38(34,35)36-20-25-19-26(31(28(25)32)29(33)37-30(2,3)4)18-22-12-14-24(15-13-22)23-8-6-5-7-9-23;19-12-16-11-17(20-18(16)21)10-13-6-8-15(9-7-13)14-4-2-1-3-5-14/h5-17,25-26H,18-20H2,1-4H3;1-9,16-17H,10-12H2,(H,20,21)/t25?,26-;16?,17-/m11/s1. The third-order valence-electron chi connectivity index (χ3n) is 10.4. The Morgan fingerprint density at radius 2 is 1.22 bits per heavy atom. The van der Waals surface area contributed by atoms with Crippen molar-refractivity contribution < 1.29 is 31.7 Å². The molecular formula is C48H51IN2O7S. The van der Waals surface area contributed by atoms with Crippen LogP contribution in [0.15, 0.2) is 138 Å². The van der Waals surface area contributed by atoms with Gasteiger partial charge in [0.2, 0.25) is 11.8 Å². The second-order valence-electron chi connectivity index (χ2n) is 16.2. The molecule has 2 aliphatic heterocycles.